The van der Waals surface area contributed by atoms with Crippen LogP contribution >= 0.6 is 0 Å². The van der Waals surface area contributed by atoms with E-state index >= 15 is 0 Å². The summed E-state index contributed by atoms with van der Waals surface area (Å²) in [5, 5.41) is 4.60. The molecule has 0 fully saturated rings. The van der Waals surface area contributed by atoms with Gasteiger partial charge in [0.1, 0.15) is 0 Å². The lowest BCUT2D eigenvalue weighted by molar-refractivity contribution is -0.191. The molecule has 0 saturated heterocycles. The molecule has 0 atom stereocenters. The highest BCUT2D eigenvalue weighted by Gasteiger charge is 2.11. The van der Waals surface area contributed by atoms with Gasteiger partial charge in [0, 0.05) is 18.2 Å². The van der Waals surface area contributed by atoms with Gasteiger partial charge in [0.15, 0.2) is 11.6 Å². The third-order valence-corrected chi connectivity index (χ3v) is 4.02. The molecule has 0 saturated carbocycles. The fourth-order valence-corrected chi connectivity index (χ4v) is 2.81. The highest BCUT2D eigenvalue weighted by atomic mass is 16.2. The number of hydrogen-bond donors (Lipinski definition) is 0. The minimum atomic E-state index is 0.250. The van der Waals surface area contributed by atoms with Crippen molar-refractivity contribution < 1.29 is 9.59 Å². The van der Waals surface area contributed by atoms with Crippen molar-refractivity contribution in [3.8, 4) is 33.9 Å². The van der Waals surface area contributed by atoms with E-state index in [1.54, 1.807) is 0 Å². The Morgan fingerprint density at radius 2 is 1.22 bits per heavy atom. The monoisotopic (exact) mass is 355 g/mol. The summed E-state index contributed by atoms with van der Waals surface area (Å²) in [6.07, 6.45) is 0.250. The molecule has 0 radical (unpaired) electrons. The SMILES string of the molecule is Cn1nc(-c2cccc(-c3ccccc3)c2)nc1-c1ccccc1.O=C=O. The Morgan fingerprint density at radius 3 is 1.85 bits per heavy atom. The molecule has 0 spiro atoms. The highest BCUT2D eigenvalue weighted by Crippen LogP contribution is 2.26. The molecule has 4 rings (SSSR count). The largest absolute Gasteiger partial charge is 0.373 e. The zero-order chi connectivity index (χ0) is 19.1. The molecule has 0 aliphatic carbocycles. The van der Waals surface area contributed by atoms with Gasteiger partial charge in [-0.2, -0.15) is 14.7 Å². The van der Waals surface area contributed by atoms with Gasteiger partial charge in [0.05, 0.1) is 0 Å². The first-order valence-electron chi connectivity index (χ1n) is 8.34. The van der Waals surface area contributed by atoms with E-state index in [-0.39, 0.29) is 6.15 Å². The Bertz CT molecular complexity index is 1050. The first-order valence-corrected chi connectivity index (χ1v) is 8.34. The second-order valence-electron chi connectivity index (χ2n) is 5.78. The first-order chi connectivity index (χ1) is 13.2. The van der Waals surface area contributed by atoms with E-state index in [1.807, 2.05) is 48.1 Å². The van der Waals surface area contributed by atoms with E-state index in [1.165, 1.54) is 11.1 Å². The van der Waals surface area contributed by atoms with Crippen LogP contribution in [0.3, 0.4) is 0 Å². The molecule has 0 aliphatic heterocycles. The molecule has 5 nitrogen and oxygen atoms in total. The predicted octanol–water partition coefficient (Wildman–Crippen LogP) is 4.23. The average molecular weight is 355 g/mol. The Hall–Kier alpha value is -3.82. The second kappa shape index (κ2) is 8.52. The summed E-state index contributed by atoms with van der Waals surface area (Å²) in [4.78, 5) is 21.0. The van der Waals surface area contributed by atoms with Crippen LogP contribution in [0.2, 0.25) is 0 Å². The Morgan fingerprint density at radius 1 is 0.704 bits per heavy atom. The lowest BCUT2D eigenvalue weighted by Gasteiger charge is -2.03. The molecule has 5 heteroatoms. The zero-order valence-electron chi connectivity index (χ0n) is 14.7. The molecule has 1 heterocycles. The smallest absolute Gasteiger partial charge is 0.248 e. The van der Waals surface area contributed by atoms with Crippen LogP contribution in [0.15, 0.2) is 84.9 Å². The molecular formula is C22H17N3O2. The van der Waals surface area contributed by atoms with Crippen molar-refractivity contribution in [3.05, 3.63) is 84.9 Å². The lowest BCUT2D eigenvalue weighted by atomic mass is 10.0. The summed E-state index contributed by atoms with van der Waals surface area (Å²) >= 11 is 0. The zero-order valence-corrected chi connectivity index (χ0v) is 14.7. The van der Waals surface area contributed by atoms with Crippen LogP contribution in [0, 0.1) is 0 Å². The van der Waals surface area contributed by atoms with E-state index in [0.29, 0.717) is 0 Å². The molecule has 0 amide bonds. The molecule has 1 aromatic heterocycles. The molecule has 0 unspecified atom stereocenters. The van der Waals surface area contributed by atoms with E-state index < -0.39 is 0 Å². The number of carbonyl (C=O) groups excluding carboxylic acids is 2. The lowest BCUT2D eigenvalue weighted by Crippen LogP contribution is -1.94. The summed E-state index contributed by atoms with van der Waals surface area (Å²) in [6, 6.07) is 28.8. The maximum Gasteiger partial charge on any atom is 0.373 e. The molecule has 4 aromatic rings. The van der Waals surface area contributed by atoms with Crippen molar-refractivity contribution in [2.24, 2.45) is 7.05 Å². The summed E-state index contributed by atoms with van der Waals surface area (Å²) < 4.78 is 1.83. The van der Waals surface area contributed by atoms with Gasteiger partial charge in [-0.3, -0.25) is 0 Å². The molecular weight excluding hydrogens is 338 g/mol. The highest BCUT2D eigenvalue weighted by molar-refractivity contribution is 5.71. The van der Waals surface area contributed by atoms with E-state index in [2.05, 4.69) is 53.6 Å². The molecule has 132 valence electrons. The minimum absolute atomic E-state index is 0.250. The van der Waals surface area contributed by atoms with Gasteiger partial charge in [-0.25, -0.2) is 9.67 Å². The number of nitrogens with zero attached hydrogens (tertiary/aromatic N) is 3. The normalized spacial score (nSPS) is 9.81. The average Bonchev–Trinajstić information content (AvgIpc) is 3.12. The van der Waals surface area contributed by atoms with Gasteiger partial charge in [-0.15, -0.1) is 0 Å². The third kappa shape index (κ3) is 4.24. The summed E-state index contributed by atoms with van der Waals surface area (Å²) in [7, 11) is 1.93. The number of rotatable bonds is 3. The number of hydrogen-bond acceptors (Lipinski definition) is 4. The molecule has 3 aromatic carbocycles. The van der Waals surface area contributed by atoms with Crippen LogP contribution < -0.4 is 0 Å². The van der Waals surface area contributed by atoms with Crippen LogP contribution in [0.1, 0.15) is 0 Å². The van der Waals surface area contributed by atoms with Gasteiger partial charge in [0.2, 0.25) is 0 Å². The quantitative estimate of drug-likeness (QED) is 0.551. The predicted molar refractivity (Wildman–Crippen MR) is 102 cm³/mol. The maximum atomic E-state index is 8.12. The first kappa shape index (κ1) is 18.0. The summed E-state index contributed by atoms with van der Waals surface area (Å²) in [5.41, 5.74) is 4.45. The van der Waals surface area contributed by atoms with Crippen LogP contribution in [0.25, 0.3) is 33.9 Å². The van der Waals surface area contributed by atoms with Gasteiger partial charge in [-0.1, -0.05) is 78.9 Å². The van der Waals surface area contributed by atoms with Crippen LogP contribution in [-0.4, -0.2) is 20.9 Å². The van der Waals surface area contributed by atoms with Gasteiger partial charge in [-0.05, 0) is 17.2 Å². The van der Waals surface area contributed by atoms with Gasteiger partial charge < -0.3 is 0 Å². The topological polar surface area (TPSA) is 64.8 Å². The van der Waals surface area contributed by atoms with Gasteiger partial charge in [0.25, 0.3) is 0 Å². The Balaban J connectivity index is 0.000000659. The summed E-state index contributed by atoms with van der Waals surface area (Å²) in [5.74, 6) is 1.62. The maximum absolute atomic E-state index is 8.12. The fraction of sp³-hybridized carbons (Fsp3) is 0.0455. The number of benzene rings is 3. The van der Waals surface area contributed by atoms with Crippen molar-refractivity contribution in [2.75, 3.05) is 0 Å². The molecule has 27 heavy (non-hydrogen) atoms. The number of aryl methyl sites for hydroxylation is 1. The van der Waals surface area contributed by atoms with Crippen LogP contribution in [0.5, 0.6) is 0 Å². The van der Waals surface area contributed by atoms with Crippen molar-refractivity contribution in [1.82, 2.24) is 14.8 Å². The van der Waals surface area contributed by atoms with E-state index in [0.717, 1.165) is 22.8 Å². The standard InChI is InChI=1S/C21H17N3.CO2/c1-24-21(17-11-6-3-7-12-17)22-20(23-24)19-14-8-13-18(15-19)16-9-4-2-5-10-16;2-1-3/h2-15H,1H3;. The molecule has 0 aliphatic rings. The van der Waals surface area contributed by atoms with E-state index in [4.69, 9.17) is 14.6 Å². The third-order valence-electron chi connectivity index (χ3n) is 4.02. The molecule has 0 N–H and O–H groups in total. The second-order valence-corrected chi connectivity index (χ2v) is 5.78. The van der Waals surface area contributed by atoms with Crippen molar-refractivity contribution in [3.63, 3.8) is 0 Å². The van der Waals surface area contributed by atoms with Gasteiger partial charge >= 0.3 is 6.15 Å². The Kier molecular flexibility index (Phi) is 5.67. The summed E-state index contributed by atoms with van der Waals surface area (Å²) in [6.45, 7) is 0. The molecule has 0 bridgehead atoms. The number of aromatic nitrogens is 3. The van der Waals surface area contributed by atoms with Crippen molar-refractivity contribution in [1.29, 1.82) is 0 Å². The van der Waals surface area contributed by atoms with Crippen LogP contribution in [-0.2, 0) is 16.6 Å². The van der Waals surface area contributed by atoms with E-state index in [9.17, 15) is 0 Å². The van der Waals surface area contributed by atoms with Crippen molar-refractivity contribution in [2.45, 2.75) is 0 Å². The minimum Gasteiger partial charge on any atom is -0.248 e. The van der Waals surface area contributed by atoms with Crippen molar-refractivity contribution >= 4 is 6.15 Å². The fourth-order valence-electron chi connectivity index (χ4n) is 2.81. The van der Waals surface area contributed by atoms with Crippen LogP contribution in [0.4, 0.5) is 0 Å². The Labute approximate surface area is 156 Å².